The van der Waals surface area contributed by atoms with Gasteiger partial charge in [0.2, 0.25) is 0 Å². The summed E-state index contributed by atoms with van der Waals surface area (Å²) in [6.07, 6.45) is 3.78. The van der Waals surface area contributed by atoms with Gasteiger partial charge in [0, 0.05) is 43.8 Å². The first-order chi connectivity index (χ1) is 14.4. The number of urea groups is 1. The van der Waals surface area contributed by atoms with Crippen LogP contribution in [0.5, 0.6) is 0 Å². The second kappa shape index (κ2) is 10.8. The van der Waals surface area contributed by atoms with E-state index >= 15 is 0 Å². The van der Waals surface area contributed by atoms with Crippen molar-refractivity contribution in [3.05, 3.63) is 35.8 Å². The smallest absolute Gasteiger partial charge is 0.325 e. The molecule has 0 saturated carbocycles. The van der Waals surface area contributed by atoms with Gasteiger partial charge in [-0.15, -0.1) is 24.0 Å². The van der Waals surface area contributed by atoms with Crippen molar-refractivity contribution in [2.24, 2.45) is 4.99 Å². The zero-order chi connectivity index (χ0) is 21.7. The molecule has 3 amide bonds. The van der Waals surface area contributed by atoms with Gasteiger partial charge in [-0.05, 0) is 49.9 Å². The standard InChI is InChI=1S/C21H29FN6O2.HI/c1-4-21(2)18(29)28(20(30)27-21)11-5-9-24-19(23-3)25-10-8-14-13-26-17-7-6-15(22)12-16(14)17;/h6-7,12-13,26H,4-5,8-11H2,1-3H3,(H,27,30)(H2,23,24,25);1H. The van der Waals surface area contributed by atoms with Gasteiger partial charge in [0.15, 0.2) is 5.96 Å². The van der Waals surface area contributed by atoms with Crippen LogP contribution < -0.4 is 16.0 Å². The first-order valence-corrected chi connectivity index (χ1v) is 10.2. The maximum atomic E-state index is 13.5. The minimum absolute atomic E-state index is 0. The molecule has 4 N–H and O–H groups in total. The molecule has 1 atom stereocenters. The number of fused-ring (bicyclic) bond motifs is 1. The number of guanidine groups is 1. The summed E-state index contributed by atoms with van der Waals surface area (Å²) in [5.74, 6) is 0.211. The zero-order valence-electron chi connectivity index (χ0n) is 18.0. The molecule has 1 unspecified atom stereocenters. The number of benzene rings is 1. The quantitative estimate of drug-likeness (QED) is 0.135. The summed E-state index contributed by atoms with van der Waals surface area (Å²) in [7, 11) is 1.68. The van der Waals surface area contributed by atoms with E-state index in [4.69, 9.17) is 0 Å². The van der Waals surface area contributed by atoms with Gasteiger partial charge in [0.25, 0.3) is 5.91 Å². The van der Waals surface area contributed by atoms with Crippen LogP contribution in [0, 0.1) is 5.82 Å². The first-order valence-electron chi connectivity index (χ1n) is 10.2. The predicted octanol–water partition coefficient (Wildman–Crippen LogP) is 2.74. The highest BCUT2D eigenvalue weighted by atomic mass is 127. The van der Waals surface area contributed by atoms with Gasteiger partial charge in [0.05, 0.1) is 0 Å². The Balaban J connectivity index is 0.00000341. The molecule has 1 fully saturated rings. The van der Waals surface area contributed by atoms with Crippen LogP contribution in [-0.4, -0.2) is 60.0 Å². The monoisotopic (exact) mass is 544 g/mol. The Labute approximate surface area is 198 Å². The molecule has 1 aliphatic rings. The fourth-order valence-electron chi connectivity index (χ4n) is 3.53. The molecule has 0 aliphatic carbocycles. The van der Waals surface area contributed by atoms with E-state index in [2.05, 4.69) is 25.9 Å². The molecule has 170 valence electrons. The summed E-state index contributed by atoms with van der Waals surface area (Å²) in [6.45, 7) is 5.18. The molecule has 1 saturated heterocycles. The number of rotatable bonds is 8. The Morgan fingerprint density at radius 3 is 2.68 bits per heavy atom. The molecule has 8 nitrogen and oxygen atoms in total. The average Bonchev–Trinajstić information content (AvgIpc) is 3.22. The lowest BCUT2D eigenvalue weighted by Gasteiger charge is -2.19. The first kappa shape index (κ1) is 24.9. The number of amides is 3. The Bertz CT molecular complexity index is 962. The molecule has 31 heavy (non-hydrogen) atoms. The lowest BCUT2D eigenvalue weighted by Crippen LogP contribution is -2.43. The van der Waals surface area contributed by atoms with Crippen molar-refractivity contribution in [3.8, 4) is 0 Å². The highest BCUT2D eigenvalue weighted by molar-refractivity contribution is 14.0. The number of nitrogens with one attached hydrogen (secondary N) is 4. The number of aromatic amines is 1. The molecule has 1 aliphatic heterocycles. The molecule has 2 heterocycles. The summed E-state index contributed by atoms with van der Waals surface area (Å²) in [5.41, 5.74) is 1.14. The number of aromatic nitrogens is 1. The highest BCUT2D eigenvalue weighted by Crippen LogP contribution is 2.21. The van der Waals surface area contributed by atoms with Crippen molar-refractivity contribution in [3.63, 3.8) is 0 Å². The van der Waals surface area contributed by atoms with Crippen LogP contribution in [0.25, 0.3) is 10.9 Å². The summed E-state index contributed by atoms with van der Waals surface area (Å²) >= 11 is 0. The third kappa shape index (κ3) is 5.66. The zero-order valence-corrected chi connectivity index (χ0v) is 20.4. The predicted molar refractivity (Wildman–Crippen MR) is 130 cm³/mol. The summed E-state index contributed by atoms with van der Waals surface area (Å²) < 4.78 is 13.5. The van der Waals surface area contributed by atoms with Crippen LogP contribution >= 0.6 is 24.0 Å². The largest absolute Gasteiger partial charge is 0.361 e. The number of aliphatic imine (C=N–C) groups is 1. The van der Waals surface area contributed by atoms with Crippen LogP contribution in [0.1, 0.15) is 32.3 Å². The van der Waals surface area contributed by atoms with Gasteiger partial charge < -0.3 is 20.9 Å². The number of imide groups is 1. The van der Waals surface area contributed by atoms with E-state index in [9.17, 15) is 14.0 Å². The maximum Gasteiger partial charge on any atom is 0.325 e. The molecule has 2 aromatic rings. The van der Waals surface area contributed by atoms with Gasteiger partial charge in [0.1, 0.15) is 11.4 Å². The number of hydrogen-bond acceptors (Lipinski definition) is 3. The average molecular weight is 544 g/mol. The summed E-state index contributed by atoms with van der Waals surface area (Å²) in [5, 5.41) is 10.0. The molecule has 10 heteroatoms. The van der Waals surface area contributed by atoms with Crippen molar-refractivity contribution in [1.29, 1.82) is 0 Å². The van der Waals surface area contributed by atoms with Crippen molar-refractivity contribution < 1.29 is 14.0 Å². The molecule has 0 radical (unpaired) electrons. The van der Waals surface area contributed by atoms with Crippen molar-refractivity contribution >= 4 is 52.8 Å². The number of halogens is 2. The van der Waals surface area contributed by atoms with E-state index in [0.717, 1.165) is 16.5 Å². The summed E-state index contributed by atoms with van der Waals surface area (Å²) in [6, 6.07) is 4.38. The minimum Gasteiger partial charge on any atom is -0.361 e. The minimum atomic E-state index is -0.798. The second-order valence-electron chi connectivity index (χ2n) is 7.61. The molecule has 0 bridgehead atoms. The van der Waals surface area contributed by atoms with Crippen LogP contribution in [0.4, 0.5) is 9.18 Å². The maximum absolute atomic E-state index is 13.5. The van der Waals surface area contributed by atoms with E-state index < -0.39 is 5.54 Å². The molecule has 1 aromatic carbocycles. The second-order valence-corrected chi connectivity index (χ2v) is 7.61. The lowest BCUT2D eigenvalue weighted by atomic mass is 9.99. The van der Waals surface area contributed by atoms with Gasteiger partial charge in [-0.25, -0.2) is 9.18 Å². The van der Waals surface area contributed by atoms with Gasteiger partial charge in [-0.3, -0.25) is 14.7 Å². The van der Waals surface area contributed by atoms with Gasteiger partial charge in [-0.2, -0.15) is 0 Å². The van der Waals surface area contributed by atoms with Crippen LogP contribution in [0.3, 0.4) is 0 Å². The highest BCUT2D eigenvalue weighted by Gasteiger charge is 2.45. The third-order valence-corrected chi connectivity index (χ3v) is 5.54. The SMILES string of the molecule is CCC1(C)NC(=O)N(CCCNC(=NC)NCCc2c[nH]c3ccc(F)cc23)C1=O.I. The normalized spacial score (nSPS) is 18.8. The Morgan fingerprint density at radius 2 is 2.00 bits per heavy atom. The number of H-pyrrole nitrogens is 1. The van der Waals surface area contributed by atoms with Crippen LogP contribution in [-0.2, 0) is 11.2 Å². The Morgan fingerprint density at radius 1 is 1.26 bits per heavy atom. The van der Waals surface area contributed by atoms with Crippen molar-refractivity contribution in [2.75, 3.05) is 26.7 Å². The number of hydrogen-bond donors (Lipinski definition) is 4. The van der Waals surface area contributed by atoms with Crippen LogP contribution in [0.15, 0.2) is 29.4 Å². The molecule has 0 spiro atoms. The number of nitrogens with zero attached hydrogens (tertiary/aromatic N) is 2. The van der Waals surface area contributed by atoms with E-state index in [0.29, 0.717) is 44.9 Å². The third-order valence-electron chi connectivity index (χ3n) is 5.54. The molecule has 1 aromatic heterocycles. The van der Waals surface area contributed by atoms with Crippen molar-refractivity contribution in [1.82, 2.24) is 25.8 Å². The molecular formula is C21H30FIN6O2. The van der Waals surface area contributed by atoms with E-state index in [-0.39, 0.29) is 41.7 Å². The molecule has 3 rings (SSSR count). The number of carbonyl (C=O) groups excluding carboxylic acids is 2. The van der Waals surface area contributed by atoms with Gasteiger partial charge in [-0.1, -0.05) is 6.92 Å². The van der Waals surface area contributed by atoms with E-state index in [1.807, 2.05) is 13.1 Å². The van der Waals surface area contributed by atoms with Crippen LogP contribution in [0.2, 0.25) is 0 Å². The topological polar surface area (TPSA) is 102 Å². The van der Waals surface area contributed by atoms with Gasteiger partial charge >= 0.3 is 6.03 Å². The fourth-order valence-corrected chi connectivity index (χ4v) is 3.53. The van der Waals surface area contributed by atoms with Crippen molar-refractivity contribution in [2.45, 2.75) is 38.6 Å². The number of carbonyl (C=O) groups is 2. The Kier molecular flexibility index (Phi) is 8.66. The Hall–Kier alpha value is -2.37. The molecular weight excluding hydrogens is 514 g/mol. The lowest BCUT2D eigenvalue weighted by molar-refractivity contribution is -0.130. The fraction of sp³-hybridized carbons (Fsp3) is 0.476. The summed E-state index contributed by atoms with van der Waals surface area (Å²) in [4.78, 5) is 33.0. The van der Waals surface area contributed by atoms with E-state index in [1.165, 1.54) is 17.0 Å². The van der Waals surface area contributed by atoms with E-state index in [1.54, 1.807) is 20.0 Å².